The zero-order valence-electron chi connectivity index (χ0n) is 21.0. The van der Waals surface area contributed by atoms with Crippen LogP contribution in [0, 0.1) is 0 Å². The van der Waals surface area contributed by atoms with Crippen LogP contribution in [0.15, 0.2) is 54.6 Å². The van der Waals surface area contributed by atoms with Gasteiger partial charge in [-0.3, -0.25) is 10.1 Å². The Balaban J connectivity index is 1.66. The Hall–Kier alpha value is -4.60. The summed E-state index contributed by atoms with van der Waals surface area (Å²) in [6.07, 6.45) is -3.10. The summed E-state index contributed by atoms with van der Waals surface area (Å²) in [6.45, 7) is 0. The van der Waals surface area contributed by atoms with Crippen LogP contribution in [0.5, 0.6) is 34.5 Å². The van der Waals surface area contributed by atoms with Crippen molar-refractivity contribution >= 4 is 17.6 Å². The number of amides is 1. The fraction of sp³-hybridized carbons (Fsp3) is 0.259. The summed E-state index contributed by atoms with van der Waals surface area (Å²) >= 11 is 0. The van der Waals surface area contributed by atoms with E-state index in [1.54, 1.807) is 54.6 Å². The lowest BCUT2D eigenvalue weighted by molar-refractivity contribution is 0.0132. The second-order valence-electron chi connectivity index (χ2n) is 7.91. The third-order valence-corrected chi connectivity index (χ3v) is 5.81. The van der Waals surface area contributed by atoms with Gasteiger partial charge >= 0.3 is 6.09 Å². The minimum atomic E-state index is -1.30. The zero-order chi connectivity index (χ0) is 26.5. The molecule has 3 aromatic rings. The summed E-state index contributed by atoms with van der Waals surface area (Å²) < 4.78 is 38.4. The first kappa shape index (κ1) is 25.5. The Bertz CT molecular complexity index is 1280. The van der Waals surface area contributed by atoms with Crippen LogP contribution in [-0.2, 0) is 4.74 Å². The number of fused-ring (bicyclic) bond motifs is 1. The lowest BCUT2D eigenvalue weighted by Crippen LogP contribution is -2.40. The predicted octanol–water partition coefficient (Wildman–Crippen LogP) is 4.66. The average Bonchev–Trinajstić information content (AvgIpc) is 2.93. The summed E-state index contributed by atoms with van der Waals surface area (Å²) in [5, 5.41) is 2.62. The summed E-state index contributed by atoms with van der Waals surface area (Å²) in [7, 11) is 7.42. The molecule has 0 aliphatic carbocycles. The van der Waals surface area contributed by atoms with Crippen molar-refractivity contribution in [1.82, 2.24) is 0 Å². The largest absolute Gasteiger partial charge is 0.497 e. The number of methoxy groups -OCH3 is 5. The van der Waals surface area contributed by atoms with E-state index in [1.165, 1.54) is 35.5 Å². The Morgan fingerprint density at radius 1 is 0.811 bits per heavy atom. The fourth-order valence-electron chi connectivity index (χ4n) is 4.01. The normalized spacial score (nSPS) is 16.1. The number of ether oxygens (including phenoxy) is 7. The van der Waals surface area contributed by atoms with E-state index in [0.717, 1.165) is 0 Å². The van der Waals surface area contributed by atoms with Gasteiger partial charge < -0.3 is 33.2 Å². The van der Waals surface area contributed by atoms with Gasteiger partial charge in [0.05, 0.1) is 46.8 Å². The highest BCUT2D eigenvalue weighted by atomic mass is 16.6. The molecule has 0 saturated carbocycles. The van der Waals surface area contributed by atoms with Gasteiger partial charge in [-0.2, -0.15) is 0 Å². The standard InChI is InChI=1S/C27H27NO9/c1-31-17-8-6-7-15(11-17)24-26(23(29)19-14-18(32-2)9-10-20(19)36-24)37-27(30)28-16-12-21(33-3)25(35-5)22(13-16)34-4/h6-14,24,26H,1-5H3,(H,28,30)/t24-,26+/m0/s1. The number of hydrogen-bond donors (Lipinski definition) is 1. The van der Waals surface area contributed by atoms with Crippen LogP contribution in [0.4, 0.5) is 10.5 Å². The van der Waals surface area contributed by atoms with E-state index in [-0.39, 0.29) is 5.56 Å². The number of nitrogens with one attached hydrogen (secondary N) is 1. The van der Waals surface area contributed by atoms with Gasteiger partial charge in [0, 0.05) is 17.7 Å². The maximum Gasteiger partial charge on any atom is 0.412 e. The number of rotatable bonds is 8. The van der Waals surface area contributed by atoms with Crippen LogP contribution in [0.2, 0.25) is 0 Å². The van der Waals surface area contributed by atoms with Gasteiger partial charge in [0.2, 0.25) is 17.6 Å². The molecule has 0 spiro atoms. The van der Waals surface area contributed by atoms with Gasteiger partial charge in [0.25, 0.3) is 0 Å². The van der Waals surface area contributed by atoms with Gasteiger partial charge in [-0.15, -0.1) is 0 Å². The molecule has 1 aliphatic heterocycles. The lowest BCUT2D eigenvalue weighted by Gasteiger charge is -2.32. The van der Waals surface area contributed by atoms with Crippen LogP contribution in [-0.4, -0.2) is 53.5 Å². The molecule has 1 heterocycles. The summed E-state index contributed by atoms with van der Waals surface area (Å²) in [6, 6.07) is 15.0. The van der Waals surface area contributed by atoms with E-state index in [9.17, 15) is 9.59 Å². The first-order valence-corrected chi connectivity index (χ1v) is 11.2. The Labute approximate surface area is 213 Å². The molecule has 1 amide bonds. The third kappa shape index (κ3) is 5.18. The minimum absolute atomic E-state index is 0.240. The highest BCUT2D eigenvalue weighted by molar-refractivity contribution is 6.05. The minimum Gasteiger partial charge on any atom is -0.497 e. The van der Waals surface area contributed by atoms with Gasteiger partial charge in [-0.25, -0.2) is 4.79 Å². The van der Waals surface area contributed by atoms with Gasteiger partial charge in [-0.05, 0) is 30.3 Å². The van der Waals surface area contributed by atoms with Crippen molar-refractivity contribution in [3.05, 3.63) is 65.7 Å². The highest BCUT2D eigenvalue weighted by Crippen LogP contribution is 2.41. The van der Waals surface area contributed by atoms with Crippen LogP contribution >= 0.6 is 0 Å². The number of hydrogen-bond acceptors (Lipinski definition) is 9. The Morgan fingerprint density at radius 3 is 2.11 bits per heavy atom. The number of carbonyl (C=O) groups excluding carboxylic acids is 2. The molecule has 194 valence electrons. The van der Waals surface area contributed by atoms with Crippen molar-refractivity contribution in [3.8, 4) is 34.5 Å². The van der Waals surface area contributed by atoms with Crippen molar-refractivity contribution in [2.45, 2.75) is 12.2 Å². The molecule has 0 fully saturated rings. The monoisotopic (exact) mass is 509 g/mol. The smallest absolute Gasteiger partial charge is 0.412 e. The molecule has 10 nitrogen and oxygen atoms in total. The van der Waals surface area contributed by atoms with Gasteiger partial charge in [0.15, 0.2) is 17.6 Å². The van der Waals surface area contributed by atoms with E-state index in [1.807, 2.05) is 0 Å². The number of Topliss-reactive ketones (excluding diaryl/α,β-unsaturated/α-hetero) is 1. The molecule has 0 saturated heterocycles. The second-order valence-corrected chi connectivity index (χ2v) is 7.91. The lowest BCUT2D eigenvalue weighted by atomic mass is 9.93. The summed E-state index contributed by atoms with van der Waals surface area (Å²) in [5.74, 6) is 1.99. The molecule has 2 atom stereocenters. The van der Waals surface area contributed by atoms with Gasteiger partial charge in [0.1, 0.15) is 17.2 Å². The van der Waals surface area contributed by atoms with E-state index in [0.29, 0.717) is 45.7 Å². The van der Waals surface area contributed by atoms with Crippen molar-refractivity contribution in [3.63, 3.8) is 0 Å². The molecule has 10 heteroatoms. The predicted molar refractivity (Wildman–Crippen MR) is 134 cm³/mol. The second kappa shape index (κ2) is 11.0. The summed E-state index contributed by atoms with van der Waals surface area (Å²) in [5.41, 5.74) is 1.15. The molecule has 0 bridgehead atoms. The first-order chi connectivity index (χ1) is 17.9. The van der Waals surface area contributed by atoms with E-state index in [4.69, 9.17) is 33.2 Å². The van der Waals surface area contributed by atoms with E-state index < -0.39 is 24.1 Å². The molecular formula is C27H27NO9. The molecule has 0 aromatic heterocycles. The average molecular weight is 510 g/mol. The SMILES string of the molecule is COc1cccc([C@@H]2Oc3ccc(OC)cc3C(=O)[C@H]2OC(=O)Nc2cc(OC)c(OC)c(OC)c2)c1. The fourth-order valence-corrected chi connectivity index (χ4v) is 4.01. The molecule has 4 rings (SSSR count). The maximum atomic E-state index is 13.6. The number of benzene rings is 3. The number of ketones is 1. The molecule has 0 radical (unpaired) electrons. The van der Waals surface area contributed by atoms with Crippen LogP contribution in [0.1, 0.15) is 22.0 Å². The molecular weight excluding hydrogens is 482 g/mol. The van der Waals surface area contributed by atoms with Crippen molar-refractivity contribution in [2.24, 2.45) is 0 Å². The Kier molecular flexibility index (Phi) is 7.57. The molecule has 37 heavy (non-hydrogen) atoms. The molecule has 1 aliphatic rings. The zero-order valence-corrected chi connectivity index (χ0v) is 21.0. The molecule has 1 N–H and O–H groups in total. The topological polar surface area (TPSA) is 111 Å². The number of anilines is 1. The van der Waals surface area contributed by atoms with E-state index in [2.05, 4.69) is 5.32 Å². The Morgan fingerprint density at radius 2 is 1.49 bits per heavy atom. The van der Waals surface area contributed by atoms with Crippen molar-refractivity contribution in [2.75, 3.05) is 40.9 Å². The highest BCUT2D eigenvalue weighted by Gasteiger charge is 2.41. The molecule has 3 aromatic carbocycles. The quantitative estimate of drug-likeness (QED) is 0.463. The van der Waals surface area contributed by atoms with Crippen LogP contribution in [0.25, 0.3) is 0 Å². The van der Waals surface area contributed by atoms with E-state index >= 15 is 0 Å². The third-order valence-electron chi connectivity index (χ3n) is 5.81. The van der Waals surface area contributed by atoms with Crippen molar-refractivity contribution in [1.29, 1.82) is 0 Å². The first-order valence-electron chi connectivity index (χ1n) is 11.2. The van der Waals surface area contributed by atoms with Gasteiger partial charge in [-0.1, -0.05) is 12.1 Å². The van der Waals surface area contributed by atoms with Crippen LogP contribution < -0.4 is 33.7 Å². The number of carbonyl (C=O) groups is 2. The van der Waals surface area contributed by atoms with Crippen LogP contribution in [0.3, 0.4) is 0 Å². The summed E-state index contributed by atoms with van der Waals surface area (Å²) in [4.78, 5) is 26.6. The van der Waals surface area contributed by atoms with Crippen molar-refractivity contribution < 1.29 is 42.7 Å². The maximum absolute atomic E-state index is 13.6. The molecule has 0 unspecified atom stereocenters.